The predicted molar refractivity (Wildman–Crippen MR) is 127 cm³/mol. The number of nitrogens with zero attached hydrogens (tertiary/aromatic N) is 1. The molecular weight excluding hydrogens is 496 g/mol. The third-order valence-electron chi connectivity index (χ3n) is 6.88. The third kappa shape index (κ3) is 3.56. The molecule has 3 aliphatic heterocycles. The van der Waals surface area contributed by atoms with Crippen molar-refractivity contribution in [1.82, 2.24) is 4.90 Å². The summed E-state index contributed by atoms with van der Waals surface area (Å²) in [5.41, 5.74) is 2.65. The zero-order valence-electron chi connectivity index (χ0n) is 18.5. The number of carbonyl (C=O) groups excluding carboxylic acids is 3. The lowest BCUT2D eigenvalue weighted by Crippen LogP contribution is -2.52. The first-order valence-corrected chi connectivity index (χ1v) is 12.8. The Balaban J connectivity index is 1.73. The van der Waals surface area contributed by atoms with Gasteiger partial charge in [-0.3, -0.25) is 14.4 Å². The maximum atomic E-state index is 13.8. The van der Waals surface area contributed by atoms with E-state index in [1.807, 2.05) is 32.0 Å². The number of carbonyl (C=O) groups is 3. The summed E-state index contributed by atoms with van der Waals surface area (Å²) >= 11 is 5.30. The van der Waals surface area contributed by atoms with Crippen LogP contribution in [0.4, 0.5) is 5.69 Å². The first kappa shape index (κ1) is 23.6. The van der Waals surface area contributed by atoms with Gasteiger partial charge >= 0.3 is 5.97 Å². The Morgan fingerprint density at radius 2 is 2.03 bits per heavy atom. The van der Waals surface area contributed by atoms with Gasteiger partial charge < -0.3 is 20.1 Å². The Morgan fingerprint density at radius 3 is 2.66 bits per heavy atom. The van der Waals surface area contributed by atoms with Crippen LogP contribution in [-0.4, -0.2) is 68.4 Å². The number of rotatable bonds is 7. The number of amides is 2. The van der Waals surface area contributed by atoms with Crippen molar-refractivity contribution in [2.75, 3.05) is 25.1 Å². The summed E-state index contributed by atoms with van der Waals surface area (Å²) in [7, 11) is 0. The summed E-state index contributed by atoms with van der Waals surface area (Å²) in [5, 5.41) is 12.4. The van der Waals surface area contributed by atoms with Crippen LogP contribution < -0.4 is 5.32 Å². The molecule has 1 aromatic rings. The van der Waals surface area contributed by atoms with E-state index in [1.54, 1.807) is 23.6 Å². The van der Waals surface area contributed by atoms with Crippen molar-refractivity contribution in [1.29, 1.82) is 0 Å². The Kier molecular flexibility index (Phi) is 6.62. The van der Waals surface area contributed by atoms with E-state index >= 15 is 0 Å². The van der Waals surface area contributed by atoms with Crippen LogP contribution in [0, 0.1) is 25.7 Å². The van der Waals surface area contributed by atoms with E-state index < -0.39 is 22.6 Å². The van der Waals surface area contributed by atoms with Gasteiger partial charge in [0.1, 0.15) is 6.04 Å². The van der Waals surface area contributed by atoms with Crippen molar-refractivity contribution in [2.24, 2.45) is 11.8 Å². The monoisotopic (exact) mass is 524 g/mol. The lowest BCUT2D eigenvalue weighted by Gasteiger charge is -2.35. The summed E-state index contributed by atoms with van der Waals surface area (Å²) in [5.74, 6) is -1.98. The molecule has 4 rings (SSSR count). The standard InChI is InChI=1S/C23H29BrN2O5S/c1-4-31-22(30)15-16-21(29)26(9-6-10-27)19(23(16)11-14(24)18(15)32-23)20(28)25-17-12(2)7-5-8-13(17)3/h5,7-8,14-16,18-19,27H,4,6,9-11H2,1-3H3,(H,25,28)/t14?,15-,16-,18-,19?,23?/m0/s1. The number of benzene rings is 1. The molecule has 174 valence electrons. The van der Waals surface area contributed by atoms with Crippen molar-refractivity contribution in [3.8, 4) is 0 Å². The van der Waals surface area contributed by atoms with E-state index in [0.717, 1.165) is 16.8 Å². The summed E-state index contributed by atoms with van der Waals surface area (Å²) in [6.07, 6.45) is 0.993. The quantitative estimate of drug-likeness (QED) is 0.420. The number of ether oxygens (including phenoxy) is 1. The molecule has 1 aromatic carbocycles. The van der Waals surface area contributed by atoms with E-state index in [-0.39, 0.29) is 47.6 Å². The molecule has 32 heavy (non-hydrogen) atoms. The molecule has 7 nitrogen and oxygen atoms in total. The van der Waals surface area contributed by atoms with Gasteiger partial charge in [0.15, 0.2) is 0 Å². The van der Waals surface area contributed by atoms with Crippen LogP contribution in [0.2, 0.25) is 0 Å². The number of aliphatic hydroxyl groups excluding tert-OH is 1. The molecule has 0 aliphatic carbocycles. The summed E-state index contributed by atoms with van der Waals surface area (Å²) in [6.45, 7) is 6.07. The van der Waals surface area contributed by atoms with Crippen LogP contribution in [-0.2, 0) is 19.1 Å². The number of para-hydroxylation sites is 1. The molecular formula is C23H29BrN2O5S. The van der Waals surface area contributed by atoms with Gasteiger partial charge in [0.2, 0.25) is 11.8 Å². The highest BCUT2D eigenvalue weighted by Crippen LogP contribution is 2.67. The van der Waals surface area contributed by atoms with Crippen molar-refractivity contribution >= 4 is 51.2 Å². The number of thioether (sulfide) groups is 1. The van der Waals surface area contributed by atoms with Crippen LogP contribution in [0.5, 0.6) is 0 Å². The van der Waals surface area contributed by atoms with Gasteiger partial charge in [-0.15, -0.1) is 11.8 Å². The van der Waals surface area contributed by atoms with E-state index in [1.165, 1.54) is 0 Å². The first-order chi connectivity index (χ1) is 15.3. The summed E-state index contributed by atoms with van der Waals surface area (Å²) in [6, 6.07) is 5.10. The second-order valence-corrected chi connectivity index (χ2v) is 11.5. The fourth-order valence-electron chi connectivity index (χ4n) is 5.62. The number of aryl methyl sites for hydroxylation is 2. The summed E-state index contributed by atoms with van der Waals surface area (Å²) in [4.78, 5) is 41.9. The highest BCUT2D eigenvalue weighted by molar-refractivity contribution is 9.09. The molecule has 1 spiro atoms. The average molecular weight is 525 g/mol. The first-order valence-electron chi connectivity index (χ1n) is 11.0. The molecule has 3 aliphatic rings. The van der Waals surface area contributed by atoms with Crippen LogP contribution >= 0.6 is 27.7 Å². The van der Waals surface area contributed by atoms with E-state index in [9.17, 15) is 19.5 Å². The van der Waals surface area contributed by atoms with Crippen LogP contribution in [0.1, 0.15) is 30.9 Å². The number of fused-ring (bicyclic) bond motifs is 1. The van der Waals surface area contributed by atoms with Crippen LogP contribution in [0.3, 0.4) is 0 Å². The molecule has 3 heterocycles. The summed E-state index contributed by atoms with van der Waals surface area (Å²) < 4.78 is 4.63. The van der Waals surface area contributed by atoms with E-state index in [2.05, 4.69) is 21.2 Å². The lowest BCUT2D eigenvalue weighted by molar-refractivity contribution is -0.153. The molecule has 0 saturated carbocycles. The molecule has 2 N–H and O–H groups in total. The van der Waals surface area contributed by atoms with Gasteiger partial charge in [-0.2, -0.15) is 0 Å². The van der Waals surface area contributed by atoms with Crippen LogP contribution in [0.15, 0.2) is 18.2 Å². The fraction of sp³-hybridized carbons (Fsp3) is 0.609. The Morgan fingerprint density at radius 1 is 1.34 bits per heavy atom. The number of esters is 1. The molecule has 6 atom stereocenters. The molecule has 2 amide bonds. The number of aliphatic hydroxyl groups is 1. The molecule has 9 heteroatoms. The molecule has 3 fully saturated rings. The fourth-order valence-corrected chi connectivity index (χ4v) is 9.22. The third-order valence-corrected chi connectivity index (χ3v) is 10.1. The lowest BCUT2D eigenvalue weighted by atomic mass is 9.71. The minimum absolute atomic E-state index is 0.0132. The highest BCUT2D eigenvalue weighted by atomic mass is 79.9. The Labute approximate surface area is 200 Å². The SMILES string of the molecule is CCOC(=O)[C@H]1[C@H]2C(=O)N(CCCO)C(C(=O)Nc3c(C)cccc3C)C23CC(Br)[C@@H]1S3. The van der Waals surface area contributed by atoms with Crippen molar-refractivity contribution in [2.45, 2.75) is 54.5 Å². The number of alkyl halides is 1. The van der Waals surface area contributed by atoms with Gasteiger partial charge in [-0.25, -0.2) is 0 Å². The maximum absolute atomic E-state index is 13.8. The Bertz CT molecular complexity index is 923. The Hall–Kier alpha value is -1.58. The molecule has 3 unspecified atom stereocenters. The largest absolute Gasteiger partial charge is 0.466 e. The normalized spacial score (nSPS) is 32.8. The van der Waals surface area contributed by atoms with Gasteiger partial charge in [0, 0.05) is 28.9 Å². The van der Waals surface area contributed by atoms with Crippen molar-refractivity contribution in [3.63, 3.8) is 0 Å². The zero-order chi connectivity index (χ0) is 23.2. The van der Waals surface area contributed by atoms with E-state index in [0.29, 0.717) is 12.8 Å². The van der Waals surface area contributed by atoms with Crippen molar-refractivity contribution < 1.29 is 24.2 Å². The molecule has 2 bridgehead atoms. The minimum Gasteiger partial charge on any atom is -0.466 e. The van der Waals surface area contributed by atoms with Gasteiger partial charge in [-0.1, -0.05) is 34.1 Å². The second-order valence-electron chi connectivity index (χ2n) is 8.78. The van der Waals surface area contributed by atoms with Gasteiger partial charge in [0.05, 0.1) is 23.2 Å². The second kappa shape index (κ2) is 8.99. The zero-order valence-corrected chi connectivity index (χ0v) is 20.9. The number of likely N-dealkylation sites (tertiary alicyclic amines) is 1. The maximum Gasteiger partial charge on any atom is 0.310 e. The molecule has 3 saturated heterocycles. The predicted octanol–water partition coefficient (Wildman–Crippen LogP) is 2.65. The van der Waals surface area contributed by atoms with Gasteiger partial charge in [-0.05, 0) is 44.7 Å². The van der Waals surface area contributed by atoms with Crippen LogP contribution in [0.25, 0.3) is 0 Å². The molecule has 0 aromatic heterocycles. The number of nitrogens with one attached hydrogen (secondary N) is 1. The highest BCUT2D eigenvalue weighted by Gasteiger charge is 2.75. The van der Waals surface area contributed by atoms with E-state index in [4.69, 9.17) is 4.74 Å². The number of anilines is 1. The minimum atomic E-state index is -0.722. The van der Waals surface area contributed by atoms with Crippen molar-refractivity contribution in [3.05, 3.63) is 29.3 Å². The molecule has 0 radical (unpaired) electrons. The number of hydrogen-bond donors (Lipinski definition) is 2. The van der Waals surface area contributed by atoms with Gasteiger partial charge in [0.25, 0.3) is 0 Å². The average Bonchev–Trinajstić information content (AvgIpc) is 3.33. The smallest absolute Gasteiger partial charge is 0.310 e. The number of halogens is 1. The topological polar surface area (TPSA) is 95.9 Å². The number of hydrogen-bond acceptors (Lipinski definition) is 6.